The number of H-pyrrole nitrogens is 1. The first-order chi connectivity index (χ1) is 8.89. The standard InChI is InChI=1S/C14H15F3N2/c15-14(16,17)11-3-1-2-10-9(8-19-12(10)11)4-5-13(18)6-7-13/h1-3,8,19H,4-7,18H2. The van der Waals surface area contributed by atoms with Gasteiger partial charge in [0.1, 0.15) is 0 Å². The van der Waals surface area contributed by atoms with Gasteiger partial charge in [0, 0.05) is 17.1 Å². The molecule has 1 aromatic heterocycles. The summed E-state index contributed by atoms with van der Waals surface area (Å²) < 4.78 is 38.6. The van der Waals surface area contributed by atoms with Gasteiger partial charge >= 0.3 is 6.18 Å². The number of aromatic amines is 1. The summed E-state index contributed by atoms with van der Waals surface area (Å²) in [5.74, 6) is 0. The van der Waals surface area contributed by atoms with Gasteiger partial charge in [0.15, 0.2) is 0 Å². The molecule has 1 saturated carbocycles. The number of para-hydroxylation sites is 1. The predicted octanol–water partition coefficient (Wildman–Crippen LogP) is 3.61. The van der Waals surface area contributed by atoms with E-state index in [4.69, 9.17) is 5.73 Å². The topological polar surface area (TPSA) is 41.8 Å². The van der Waals surface area contributed by atoms with Crippen LogP contribution in [0.5, 0.6) is 0 Å². The highest BCUT2D eigenvalue weighted by Gasteiger charge is 2.37. The number of benzene rings is 1. The van der Waals surface area contributed by atoms with Gasteiger partial charge in [0.25, 0.3) is 0 Å². The Hall–Kier alpha value is -1.49. The summed E-state index contributed by atoms with van der Waals surface area (Å²) in [7, 11) is 0. The fraction of sp³-hybridized carbons (Fsp3) is 0.429. The third kappa shape index (κ3) is 2.34. The van der Waals surface area contributed by atoms with Crippen molar-refractivity contribution < 1.29 is 13.2 Å². The summed E-state index contributed by atoms with van der Waals surface area (Å²) in [5.41, 5.74) is 6.42. The molecule has 0 radical (unpaired) electrons. The van der Waals surface area contributed by atoms with Gasteiger partial charge in [-0.15, -0.1) is 0 Å². The molecule has 1 aromatic carbocycles. The van der Waals surface area contributed by atoms with Crippen LogP contribution in [0.1, 0.15) is 30.4 Å². The molecule has 2 nitrogen and oxygen atoms in total. The average Bonchev–Trinajstić information content (AvgIpc) is 2.93. The lowest BCUT2D eigenvalue weighted by molar-refractivity contribution is -0.136. The van der Waals surface area contributed by atoms with Crippen LogP contribution in [0.25, 0.3) is 10.9 Å². The fourth-order valence-electron chi connectivity index (χ4n) is 2.45. The molecular formula is C14H15F3N2. The zero-order valence-corrected chi connectivity index (χ0v) is 10.3. The van der Waals surface area contributed by atoms with Gasteiger partial charge in [0.05, 0.1) is 11.1 Å². The third-order valence-electron chi connectivity index (χ3n) is 3.89. The first kappa shape index (κ1) is 12.5. The maximum absolute atomic E-state index is 12.9. The van der Waals surface area contributed by atoms with Crippen molar-refractivity contribution in [1.29, 1.82) is 0 Å². The molecule has 0 atom stereocenters. The Kier molecular flexibility index (Phi) is 2.64. The van der Waals surface area contributed by atoms with E-state index in [9.17, 15) is 13.2 Å². The summed E-state index contributed by atoms with van der Waals surface area (Å²) in [6, 6.07) is 4.29. The van der Waals surface area contributed by atoms with Crippen molar-refractivity contribution in [1.82, 2.24) is 4.98 Å². The molecule has 102 valence electrons. The Bertz CT molecular complexity index is 609. The highest BCUT2D eigenvalue weighted by Crippen LogP contribution is 2.38. The lowest BCUT2D eigenvalue weighted by atomic mass is 10.0. The zero-order valence-electron chi connectivity index (χ0n) is 10.3. The van der Waals surface area contributed by atoms with E-state index in [1.54, 1.807) is 12.3 Å². The second-order valence-electron chi connectivity index (χ2n) is 5.40. The molecule has 3 rings (SSSR count). The molecule has 1 aliphatic rings. The van der Waals surface area contributed by atoms with E-state index in [0.29, 0.717) is 5.39 Å². The van der Waals surface area contributed by atoms with Gasteiger partial charge in [-0.1, -0.05) is 12.1 Å². The molecule has 2 aromatic rings. The van der Waals surface area contributed by atoms with Crippen molar-refractivity contribution in [2.45, 2.75) is 37.4 Å². The molecule has 19 heavy (non-hydrogen) atoms. The van der Waals surface area contributed by atoms with Crippen molar-refractivity contribution >= 4 is 10.9 Å². The zero-order chi connectivity index (χ0) is 13.7. The first-order valence-electron chi connectivity index (χ1n) is 6.34. The Morgan fingerprint density at radius 1 is 1.26 bits per heavy atom. The van der Waals surface area contributed by atoms with Gasteiger partial charge in [-0.05, 0) is 37.3 Å². The molecule has 1 aliphatic carbocycles. The molecule has 3 N–H and O–H groups in total. The van der Waals surface area contributed by atoms with Gasteiger partial charge in [-0.2, -0.15) is 13.2 Å². The summed E-state index contributed by atoms with van der Waals surface area (Å²) in [6.07, 6.45) is 0.930. The van der Waals surface area contributed by atoms with Crippen molar-refractivity contribution in [3.63, 3.8) is 0 Å². The van der Waals surface area contributed by atoms with E-state index < -0.39 is 11.7 Å². The van der Waals surface area contributed by atoms with Crippen LogP contribution in [-0.2, 0) is 12.6 Å². The van der Waals surface area contributed by atoms with E-state index in [0.717, 1.165) is 37.3 Å². The molecule has 0 saturated heterocycles. The molecule has 0 amide bonds. The van der Waals surface area contributed by atoms with Crippen LogP contribution in [0.3, 0.4) is 0 Å². The van der Waals surface area contributed by atoms with Crippen LogP contribution in [0.4, 0.5) is 13.2 Å². The number of nitrogens with two attached hydrogens (primary N) is 1. The lowest BCUT2D eigenvalue weighted by Gasteiger charge is -2.09. The number of fused-ring (bicyclic) bond motifs is 1. The maximum atomic E-state index is 12.9. The Morgan fingerprint density at radius 3 is 2.63 bits per heavy atom. The number of aryl methyl sites for hydroxylation is 1. The van der Waals surface area contributed by atoms with Crippen LogP contribution in [-0.4, -0.2) is 10.5 Å². The molecule has 0 unspecified atom stereocenters. The number of hydrogen-bond donors (Lipinski definition) is 2. The van der Waals surface area contributed by atoms with Crippen LogP contribution in [0.2, 0.25) is 0 Å². The number of alkyl halides is 3. The predicted molar refractivity (Wildman–Crippen MR) is 67.8 cm³/mol. The third-order valence-corrected chi connectivity index (χ3v) is 3.89. The van der Waals surface area contributed by atoms with E-state index in [1.165, 1.54) is 6.07 Å². The van der Waals surface area contributed by atoms with Crippen LogP contribution in [0.15, 0.2) is 24.4 Å². The highest BCUT2D eigenvalue weighted by atomic mass is 19.4. The Balaban J connectivity index is 1.94. The second-order valence-corrected chi connectivity index (χ2v) is 5.40. The molecule has 1 heterocycles. The van der Waals surface area contributed by atoms with Crippen molar-refractivity contribution in [3.8, 4) is 0 Å². The Labute approximate surface area is 108 Å². The smallest absolute Gasteiger partial charge is 0.360 e. The quantitative estimate of drug-likeness (QED) is 0.877. The number of nitrogens with one attached hydrogen (secondary N) is 1. The van der Waals surface area contributed by atoms with Crippen LogP contribution in [0, 0.1) is 0 Å². The van der Waals surface area contributed by atoms with E-state index in [1.807, 2.05) is 0 Å². The average molecular weight is 268 g/mol. The van der Waals surface area contributed by atoms with E-state index >= 15 is 0 Å². The van der Waals surface area contributed by atoms with Crippen LogP contribution >= 0.6 is 0 Å². The van der Waals surface area contributed by atoms with Crippen LogP contribution < -0.4 is 5.73 Å². The van der Waals surface area contributed by atoms with Gasteiger partial charge in [-0.25, -0.2) is 0 Å². The number of hydrogen-bond acceptors (Lipinski definition) is 1. The summed E-state index contributed by atoms with van der Waals surface area (Å²) in [5, 5.41) is 0.652. The largest absolute Gasteiger partial charge is 0.418 e. The molecule has 0 bridgehead atoms. The van der Waals surface area contributed by atoms with Gasteiger partial charge in [-0.3, -0.25) is 0 Å². The minimum Gasteiger partial charge on any atom is -0.360 e. The van der Waals surface area contributed by atoms with Gasteiger partial charge < -0.3 is 10.7 Å². The number of aromatic nitrogens is 1. The molecule has 0 spiro atoms. The van der Waals surface area contributed by atoms with Crippen molar-refractivity contribution in [2.24, 2.45) is 5.73 Å². The number of halogens is 3. The first-order valence-corrected chi connectivity index (χ1v) is 6.34. The van der Waals surface area contributed by atoms with Gasteiger partial charge in [0.2, 0.25) is 0 Å². The monoisotopic (exact) mass is 268 g/mol. The Morgan fingerprint density at radius 2 is 2.00 bits per heavy atom. The second kappa shape index (κ2) is 4.00. The lowest BCUT2D eigenvalue weighted by Crippen LogP contribution is -2.21. The fourth-order valence-corrected chi connectivity index (χ4v) is 2.45. The normalized spacial score (nSPS) is 17.9. The molecule has 5 heteroatoms. The highest BCUT2D eigenvalue weighted by molar-refractivity contribution is 5.86. The summed E-state index contributed by atoms with van der Waals surface area (Å²) in [4.78, 5) is 2.76. The molecular weight excluding hydrogens is 253 g/mol. The number of rotatable bonds is 3. The minimum atomic E-state index is -4.33. The molecule has 1 fully saturated rings. The van der Waals surface area contributed by atoms with E-state index in [2.05, 4.69) is 4.98 Å². The van der Waals surface area contributed by atoms with Crippen molar-refractivity contribution in [3.05, 3.63) is 35.5 Å². The molecule has 0 aliphatic heterocycles. The summed E-state index contributed by atoms with van der Waals surface area (Å²) >= 11 is 0. The summed E-state index contributed by atoms with van der Waals surface area (Å²) in [6.45, 7) is 0. The minimum absolute atomic E-state index is 0.0781. The van der Waals surface area contributed by atoms with Crippen molar-refractivity contribution in [2.75, 3.05) is 0 Å². The SMILES string of the molecule is NC1(CCc2c[nH]c3c(C(F)(F)F)cccc23)CC1. The van der Waals surface area contributed by atoms with E-state index in [-0.39, 0.29) is 11.1 Å². The maximum Gasteiger partial charge on any atom is 0.418 e.